The summed E-state index contributed by atoms with van der Waals surface area (Å²) in [6.45, 7) is 4.77. The molecule has 0 radical (unpaired) electrons. The monoisotopic (exact) mass is 672 g/mol. The van der Waals surface area contributed by atoms with Gasteiger partial charge in [0, 0.05) is 5.41 Å². The van der Waals surface area contributed by atoms with Crippen LogP contribution in [-0.2, 0) is 5.41 Å². The first-order valence-corrected chi connectivity index (χ1v) is 18.7. The molecule has 0 heteroatoms. The van der Waals surface area contributed by atoms with Gasteiger partial charge in [0.05, 0.1) is 0 Å². The maximum atomic E-state index is 2.46. The summed E-state index contributed by atoms with van der Waals surface area (Å²) < 4.78 is 0. The largest absolute Gasteiger partial charge is 0.0622 e. The summed E-state index contributed by atoms with van der Waals surface area (Å²) in [6, 6.07) is 67.9. The predicted octanol–water partition coefficient (Wildman–Crippen LogP) is 14.8. The minimum atomic E-state index is -0.110. The first-order valence-electron chi connectivity index (χ1n) is 18.7. The Labute approximate surface area is 309 Å². The van der Waals surface area contributed by atoms with Crippen LogP contribution in [0.15, 0.2) is 182 Å². The Hall–Kier alpha value is -6.50. The highest BCUT2D eigenvalue weighted by atomic mass is 14.4. The van der Waals surface area contributed by atoms with Gasteiger partial charge in [0.2, 0.25) is 0 Å². The van der Waals surface area contributed by atoms with E-state index >= 15 is 0 Å². The van der Waals surface area contributed by atoms with Crippen LogP contribution in [0.2, 0.25) is 0 Å². The van der Waals surface area contributed by atoms with Gasteiger partial charge in [-0.25, -0.2) is 0 Å². The van der Waals surface area contributed by atoms with Gasteiger partial charge in [-0.15, -0.1) is 0 Å². The van der Waals surface area contributed by atoms with Crippen molar-refractivity contribution >= 4 is 53.9 Å². The molecule has 0 aliphatic heterocycles. The van der Waals surface area contributed by atoms with Gasteiger partial charge in [0.25, 0.3) is 0 Å². The average molecular weight is 673 g/mol. The third-order valence-corrected chi connectivity index (χ3v) is 12.0. The number of benzene rings is 10. The fraction of sp³-hybridized carbons (Fsp3) is 0.0566. The zero-order chi connectivity index (χ0) is 35.3. The topological polar surface area (TPSA) is 0 Å². The molecule has 0 unspecified atom stereocenters. The third-order valence-electron chi connectivity index (χ3n) is 12.0. The molecule has 0 bridgehead atoms. The molecule has 1 aliphatic carbocycles. The van der Waals surface area contributed by atoms with Gasteiger partial charge in [-0.1, -0.05) is 178 Å². The lowest BCUT2D eigenvalue weighted by atomic mass is 9.80. The van der Waals surface area contributed by atoms with Crippen molar-refractivity contribution < 1.29 is 0 Å². The van der Waals surface area contributed by atoms with Gasteiger partial charge in [-0.2, -0.15) is 0 Å². The Bertz CT molecular complexity index is 3120. The van der Waals surface area contributed by atoms with Crippen molar-refractivity contribution in [2.75, 3.05) is 0 Å². The molecule has 0 N–H and O–H groups in total. The van der Waals surface area contributed by atoms with E-state index in [9.17, 15) is 0 Å². The number of fused-ring (bicyclic) bond motifs is 11. The molecule has 53 heavy (non-hydrogen) atoms. The van der Waals surface area contributed by atoms with E-state index in [2.05, 4.69) is 196 Å². The minimum Gasteiger partial charge on any atom is -0.0622 e. The van der Waals surface area contributed by atoms with Gasteiger partial charge in [0.1, 0.15) is 0 Å². The molecule has 0 nitrogen and oxygen atoms in total. The van der Waals surface area contributed by atoms with Crippen LogP contribution in [0.3, 0.4) is 0 Å². The Balaban J connectivity index is 1.08. The van der Waals surface area contributed by atoms with Crippen LogP contribution in [0, 0.1) is 0 Å². The summed E-state index contributed by atoms with van der Waals surface area (Å²) in [4.78, 5) is 0. The van der Waals surface area contributed by atoms with E-state index in [1.807, 2.05) is 0 Å². The minimum absolute atomic E-state index is 0.110. The van der Waals surface area contributed by atoms with Gasteiger partial charge < -0.3 is 0 Å². The second-order valence-corrected chi connectivity index (χ2v) is 15.2. The standard InChI is InChI=1S/C53H36/c1-53(2)49-31-36(33-12-4-3-5-13-33)24-26-45(49)46-27-25-37(32-50(46)53)39-28-29-44(42-17-9-8-16-41(39)42)48-30-38-23-22-35-21-20-34-14-6-7-15-40(34)51(35)52(38)47-19-11-10-18-43(47)48/h3-32H,1-2H3. The average Bonchev–Trinajstić information content (AvgIpc) is 3.44. The predicted molar refractivity (Wildman–Crippen MR) is 228 cm³/mol. The van der Waals surface area contributed by atoms with Crippen LogP contribution in [0.1, 0.15) is 25.0 Å². The van der Waals surface area contributed by atoms with E-state index in [1.54, 1.807) is 0 Å². The maximum absolute atomic E-state index is 2.46. The van der Waals surface area contributed by atoms with Crippen molar-refractivity contribution in [2.45, 2.75) is 19.3 Å². The number of rotatable bonds is 3. The zero-order valence-corrected chi connectivity index (χ0v) is 29.8. The smallest absolute Gasteiger partial charge is 0.0159 e. The van der Waals surface area contributed by atoms with Crippen molar-refractivity contribution in [3.8, 4) is 44.5 Å². The summed E-state index contributed by atoms with van der Waals surface area (Å²) in [5.74, 6) is 0. The lowest BCUT2D eigenvalue weighted by Gasteiger charge is -2.23. The van der Waals surface area contributed by atoms with Crippen LogP contribution < -0.4 is 0 Å². The fourth-order valence-corrected chi connectivity index (χ4v) is 9.42. The van der Waals surface area contributed by atoms with Crippen molar-refractivity contribution in [3.63, 3.8) is 0 Å². The second-order valence-electron chi connectivity index (χ2n) is 15.2. The highest BCUT2D eigenvalue weighted by molar-refractivity contribution is 6.29. The number of hydrogen-bond acceptors (Lipinski definition) is 0. The Morgan fingerprint density at radius 2 is 0.774 bits per heavy atom. The summed E-state index contributed by atoms with van der Waals surface area (Å²) >= 11 is 0. The Morgan fingerprint density at radius 1 is 0.283 bits per heavy atom. The molecule has 0 fully saturated rings. The van der Waals surface area contributed by atoms with Crippen molar-refractivity contribution in [3.05, 3.63) is 193 Å². The zero-order valence-electron chi connectivity index (χ0n) is 29.8. The van der Waals surface area contributed by atoms with Crippen molar-refractivity contribution in [2.24, 2.45) is 0 Å². The Morgan fingerprint density at radius 3 is 1.51 bits per heavy atom. The summed E-state index contributed by atoms with van der Waals surface area (Å²) in [5.41, 5.74) is 13.0. The van der Waals surface area contributed by atoms with Gasteiger partial charge in [-0.3, -0.25) is 0 Å². The normalized spacial score (nSPS) is 13.2. The molecule has 10 aromatic rings. The molecule has 0 saturated carbocycles. The van der Waals surface area contributed by atoms with E-state index in [0.29, 0.717) is 0 Å². The van der Waals surface area contributed by atoms with Crippen LogP contribution in [-0.4, -0.2) is 0 Å². The summed E-state index contributed by atoms with van der Waals surface area (Å²) in [5, 5.41) is 12.9. The van der Waals surface area contributed by atoms with Gasteiger partial charge in [0.15, 0.2) is 0 Å². The molecule has 0 aromatic heterocycles. The Kier molecular flexibility index (Phi) is 6.40. The quantitative estimate of drug-likeness (QED) is 0.164. The van der Waals surface area contributed by atoms with E-state index in [0.717, 1.165) is 0 Å². The van der Waals surface area contributed by atoms with E-state index in [-0.39, 0.29) is 5.41 Å². The van der Waals surface area contributed by atoms with E-state index < -0.39 is 0 Å². The molecule has 11 rings (SSSR count). The molecule has 0 saturated heterocycles. The highest BCUT2D eigenvalue weighted by Gasteiger charge is 2.36. The SMILES string of the molecule is CC1(C)c2cc(-c3ccccc3)ccc2-c2ccc(-c3ccc(-c4cc5ccc6ccc7ccccc7c6c5c5ccccc45)c4ccccc34)cc21. The van der Waals surface area contributed by atoms with Crippen LogP contribution in [0.5, 0.6) is 0 Å². The molecule has 0 amide bonds. The molecule has 10 aromatic carbocycles. The molecular weight excluding hydrogens is 637 g/mol. The van der Waals surface area contributed by atoms with Crippen LogP contribution in [0.4, 0.5) is 0 Å². The first-order chi connectivity index (χ1) is 26.0. The van der Waals surface area contributed by atoms with Crippen LogP contribution in [0.25, 0.3) is 98.4 Å². The molecular formula is C53H36. The highest BCUT2D eigenvalue weighted by Crippen LogP contribution is 2.51. The van der Waals surface area contributed by atoms with Gasteiger partial charge >= 0.3 is 0 Å². The molecule has 0 heterocycles. The van der Waals surface area contributed by atoms with Crippen LogP contribution >= 0.6 is 0 Å². The molecule has 0 atom stereocenters. The maximum Gasteiger partial charge on any atom is 0.0159 e. The molecule has 1 aliphatic rings. The summed E-state index contributed by atoms with van der Waals surface area (Å²) in [6.07, 6.45) is 0. The lowest BCUT2D eigenvalue weighted by molar-refractivity contribution is 0.661. The molecule has 0 spiro atoms. The van der Waals surface area contributed by atoms with Crippen molar-refractivity contribution in [1.29, 1.82) is 0 Å². The lowest BCUT2D eigenvalue weighted by Crippen LogP contribution is -2.15. The number of hydrogen-bond donors (Lipinski definition) is 0. The van der Waals surface area contributed by atoms with Crippen molar-refractivity contribution in [1.82, 2.24) is 0 Å². The fourth-order valence-electron chi connectivity index (χ4n) is 9.42. The van der Waals surface area contributed by atoms with E-state index in [4.69, 9.17) is 0 Å². The third kappa shape index (κ3) is 4.42. The second kappa shape index (κ2) is 11.2. The molecule has 248 valence electrons. The van der Waals surface area contributed by atoms with Gasteiger partial charge in [-0.05, 0) is 128 Å². The first kappa shape index (κ1) is 30.2. The van der Waals surface area contributed by atoms with E-state index in [1.165, 1.54) is 109 Å². The summed E-state index contributed by atoms with van der Waals surface area (Å²) in [7, 11) is 0.